The number of esters is 1. The highest BCUT2D eigenvalue weighted by molar-refractivity contribution is 5.69. The van der Waals surface area contributed by atoms with E-state index in [0.29, 0.717) is 18.3 Å². The van der Waals surface area contributed by atoms with Crippen LogP contribution in [0.3, 0.4) is 0 Å². The summed E-state index contributed by atoms with van der Waals surface area (Å²) in [5, 5.41) is 8.86. The predicted octanol–water partition coefficient (Wildman–Crippen LogP) is 0.958. The van der Waals surface area contributed by atoms with Crippen LogP contribution >= 0.6 is 0 Å². The van der Waals surface area contributed by atoms with Crippen LogP contribution in [0.1, 0.15) is 25.7 Å². The zero-order chi connectivity index (χ0) is 8.97. The molecule has 1 rings (SSSR count). The average Bonchev–Trinajstić information content (AvgIpc) is 2.52. The Labute approximate surface area is 72.7 Å². The highest BCUT2D eigenvalue weighted by Crippen LogP contribution is 2.32. The molecule has 1 fully saturated rings. The van der Waals surface area contributed by atoms with Gasteiger partial charge >= 0.3 is 5.97 Å². The lowest BCUT2D eigenvalue weighted by Crippen LogP contribution is -2.08. The Balaban J connectivity index is 2.23. The molecule has 0 radical (unpaired) electrons. The normalized spacial score (nSPS) is 28.8. The van der Waals surface area contributed by atoms with E-state index in [1.165, 1.54) is 7.11 Å². The van der Waals surface area contributed by atoms with Crippen LogP contribution in [0.25, 0.3) is 0 Å². The fourth-order valence-corrected chi connectivity index (χ4v) is 1.85. The van der Waals surface area contributed by atoms with Crippen molar-refractivity contribution in [1.82, 2.24) is 0 Å². The van der Waals surface area contributed by atoms with Gasteiger partial charge in [0, 0.05) is 13.0 Å². The molecule has 70 valence electrons. The van der Waals surface area contributed by atoms with E-state index < -0.39 is 0 Å². The van der Waals surface area contributed by atoms with E-state index in [2.05, 4.69) is 4.74 Å². The van der Waals surface area contributed by atoms with Crippen molar-refractivity contribution in [3.8, 4) is 0 Å². The largest absolute Gasteiger partial charge is 0.469 e. The van der Waals surface area contributed by atoms with Crippen LogP contribution in [0, 0.1) is 11.8 Å². The third kappa shape index (κ3) is 2.48. The van der Waals surface area contributed by atoms with Gasteiger partial charge in [-0.2, -0.15) is 0 Å². The van der Waals surface area contributed by atoms with Crippen molar-refractivity contribution in [3.63, 3.8) is 0 Å². The molecule has 0 bridgehead atoms. The Hall–Kier alpha value is -0.570. The first-order valence-electron chi connectivity index (χ1n) is 4.44. The molecule has 12 heavy (non-hydrogen) atoms. The first-order valence-corrected chi connectivity index (χ1v) is 4.44. The number of hydrogen-bond donors (Lipinski definition) is 1. The molecule has 1 saturated carbocycles. The van der Waals surface area contributed by atoms with Crippen LogP contribution < -0.4 is 0 Å². The molecular weight excluding hydrogens is 156 g/mol. The summed E-state index contributed by atoms with van der Waals surface area (Å²) in [6.07, 6.45) is 3.61. The Bertz CT molecular complexity index is 156. The van der Waals surface area contributed by atoms with Crippen LogP contribution in [0.4, 0.5) is 0 Å². The fraction of sp³-hybridized carbons (Fsp3) is 0.889. The molecular formula is C9H16O3. The maximum atomic E-state index is 10.9. The van der Waals surface area contributed by atoms with Gasteiger partial charge in [-0.3, -0.25) is 4.79 Å². The molecule has 2 unspecified atom stereocenters. The molecule has 0 aromatic rings. The van der Waals surface area contributed by atoms with Crippen LogP contribution in [-0.2, 0) is 9.53 Å². The van der Waals surface area contributed by atoms with E-state index >= 15 is 0 Å². The van der Waals surface area contributed by atoms with E-state index in [1.54, 1.807) is 0 Å². The molecule has 0 saturated heterocycles. The minimum absolute atomic E-state index is 0.126. The van der Waals surface area contributed by atoms with Crippen molar-refractivity contribution in [2.24, 2.45) is 11.8 Å². The second-order valence-electron chi connectivity index (χ2n) is 3.51. The second-order valence-corrected chi connectivity index (χ2v) is 3.51. The van der Waals surface area contributed by atoms with Gasteiger partial charge in [-0.15, -0.1) is 0 Å². The lowest BCUT2D eigenvalue weighted by molar-refractivity contribution is -0.141. The molecule has 3 nitrogen and oxygen atoms in total. The maximum Gasteiger partial charge on any atom is 0.305 e. The fourth-order valence-electron chi connectivity index (χ4n) is 1.85. The van der Waals surface area contributed by atoms with Crippen molar-refractivity contribution in [2.45, 2.75) is 25.7 Å². The van der Waals surface area contributed by atoms with Gasteiger partial charge in [-0.05, 0) is 31.1 Å². The molecule has 0 amide bonds. The van der Waals surface area contributed by atoms with Crippen LogP contribution in [0.5, 0.6) is 0 Å². The molecule has 1 aliphatic carbocycles. The minimum atomic E-state index is -0.126. The first-order chi connectivity index (χ1) is 5.76. The topological polar surface area (TPSA) is 46.5 Å². The van der Waals surface area contributed by atoms with Gasteiger partial charge in [0.05, 0.1) is 7.11 Å². The second kappa shape index (κ2) is 4.45. The number of carbonyl (C=O) groups excluding carboxylic acids is 1. The maximum absolute atomic E-state index is 10.9. The summed E-state index contributed by atoms with van der Waals surface area (Å²) in [6, 6.07) is 0. The van der Waals surface area contributed by atoms with Crippen molar-refractivity contribution >= 4 is 5.97 Å². The molecule has 2 atom stereocenters. The van der Waals surface area contributed by atoms with Gasteiger partial charge in [-0.25, -0.2) is 0 Å². The van der Waals surface area contributed by atoms with Gasteiger partial charge in [0.25, 0.3) is 0 Å². The Morgan fingerprint density at radius 3 is 2.67 bits per heavy atom. The predicted molar refractivity (Wildman–Crippen MR) is 44.5 cm³/mol. The summed E-state index contributed by atoms with van der Waals surface area (Å²) in [5.74, 6) is 0.729. The van der Waals surface area contributed by atoms with Crippen LogP contribution in [-0.4, -0.2) is 24.8 Å². The summed E-state index contributed by atoms with van der Waals surface area (Å²) in [7, 11) is 1.42. The highest BCUT2D eigenvalue weighted by Gasteiger charge is 2.25. The van der Waals surface area contributed by atoms with Gasteiger partial charge in [0.2, 0.25) is 0 Å². The highest BCUT2D eigenvalue weighted by atomic mass is 16.5. The van der Waals surface area contributed by atoms with Gasteiger partial charge in [0.1, 0.15) is 0 Å². The minimum Gasteiger partial charge on any atom is -0.469 e. The van der Waals surface area contributed by atoms with E-state index in [1.807, 2.05) is 0 Å². The monoisotopic (exact) mass is 172 g/mol. The summed E-state index contributed by atoms with van der Waals surface area (Å²) >= 11 is 0. The molecule has 1 N–H and O–H groups in total. The standard InChI is InChI=1S/C9H16O3/c1-12-9(11)5-7-2-3-8(4-7)6-10/h7-8,10H,2-6H2,1H3. The molecule has 0 aromatic carbocycles. The molecule has 0 heterocycles. The first kappa shape index (κ1) is 9.52. The van der Waals surface area contributed by atoms with E-state index in [-0.39, 0.29) is 12.6 Å². The van der Waals surface area contributed by atoms with Gasteiger partial charge in [-0.1, -0.05) is 0 Å². The van der Waals surface area contributed by atoms with Gasteiger partial charge < -0.3 is 9.84 Å². The smallest absolute Gasteiger partial charge is 0.305 e. The zero-order valence-corrected chi connectivity index (χ0v) is 7.45. The number of aliphatic hydroxyl groups is 1. The third-order valence-electron chi connectivity index (χ3n) is 2.59. The van der Waals surface area contributed by atoms with Crippen molar-refractivity contribution in [1.29, 1.82) is 0 Å². The summed E-state index contributed by atoms with van der Waals surface area (Å²) in [6.45, 7) is 0.262. The number of methoxy groups -OCH3 is 1. The average molecular weight is 172 g/mol. The van der Waals surface area contributed by atoms with Crippen molar-refractivity contribution in [2.75, 3.05) is 13.7 Å². The van der Waals surface area contributed by atoms with Crippen LogP contribution in [0.2, 0.25) is 0 Å². The summed E-state index contributed by atoms with van der Waals surface area (Å²) in [4.78, 5) is 10.9. The number of rotatable bonds is 3. The Kier molecular flexibility index (Phi) is 3.53. The third-order valence-corrected chi connectivity index (χ3v) is 2.59. The van der Waals surface area contributed by atoms with E-state index in [0.717, 1.165) is 19.3 Å². The zero-order valence-electron chi connectivity index (χ0n) is 7.45. The Morgan fingerprint density at radius 2 is 2.17 bits per heavy atom. The number of hydrogen-bond acceptors (Lipinski definition) is 3. The number of ether oxygens (including phenoxy) is 1. The van der Waals surface area contributed by atoms with E-state index in [4.69, 9.17) is 5.11 Å². The molecule has 0 aliphatic heterocycles. The van der Waals surface area contributed by atoms with Crippen molar-refractivity contribution < 1.29 is 14.6 Å². The molecule has 1 aliphatic rings. The SMILES string of the molecule is COC(=O)CC1CCC(CO)C1. The molecule has 0 spiro atoms. The Morgan fingerprint density at radius 1 is 1.50 bits per heavy atom. The summed E-state index contributed by atoms with van der Waals surface area (Å²) in [5.41, 5.74) is 0. The van der Waals surface area contributed by atoms with Crippen LogP contribution in [0.15, 0.2) is 0 Å². The molecule has 0 aromatic heterocycles. The molecule has 3 heteroatoms. The quantitative estimate of drug-likeness (QED) is 0.645. The van der Waals surface area contributed by atoms with Gasteiger partial charge in [0.15, 0.2) is 0 Å². The summed E-state index contributed by atoms with van der Waals surface area (Å²) < 4.78 is 4.58. The lowest BCUT2D eigenvalue weighted by atomic mass is 10.0. The van der Waals surface area contributed by atoms with Crippen molar-refractivity contribution in [3.05, 3.63) is 0 Å². The number of aliphatic hydroxyl groups excluding tert-OH is 1. The number of carbonyl (C=O) groups is 1. The van der Waals surface area contributed by atoms with E-state index in [9.17, 15) is 4.79 Å². The lowest BCUT2D eigenvalue weighted by Gasteiger charge is -2.07.